The summed E-state index contributed by atoms with van der Waals surface area (Å²) in [6.45, 7) is 4.30. The molecular formula is C19H24N2O2. The first-order valence-electron chi connectivity index (χ1n) is 8.19. The zero-order chi connectivity index (χ0) is 15.9. The first kappa shape index (κ1) is 16.0. The highest BCUT2D eigenvalue weighted by Crippen LogP contribution is 2.25. The van der Waals surface area contributed by atoms with E-state index in [4.69, 9.17) is 9.84 Å². The van der Waals surface area contributed by atoms with E-state index in [-0.39, 0.29) is 6.61 Å². The maximum absolute atomic E-state index is 8.88. The maximum atomic E-state index is 8.88. The topological polar surface area (TPSA) is 44.7 Å². The van der Waals surface area contributed by atoms with Gasteiger partial charge in [-0.3, -0.25) is 4.90 Å². The molecule has 3 rings (SSSR count). The van der Waals surface area contributed by atoms with E-state index < -0.39 is 0 Å². The van der Waals surface area contributed by atoms with Crippen molar-refractivity contribution in [1.82, 2.24) is 10.2 Å². The van der Waals surface area contributed by atoms with Crippen LogP contribution in [0, 0.1) is 0 Å². The van der Waals surface area contributed by atoms with Crippen LogP contribution in [0.5, 0.6) is 5.75 Å². The summed E-state index contributed by atoms with van der Waals surface area (Å²) in [5.41, 5.74) is 2.59. The third-order valence-electron chi connectivity index (χ3n) is 4.18. The van der Waals surface area contributed by atoms with E-state index in [1.807, 2.05) is 12.1 Å². The molecule has 0 aliphatic carbocycles. The highest BCUT2D eigenvalue weighted by molar-refractivity contribution is 5.29. The lowest BCUT2D eigenvalue weighted by Crippen LogP contribution is -2.45. The molecule has 0 spiro atoms. The molecule has 4 heteroatoms. The molecule has 0 unspecified atom stereocenters. The van der Waals surface area contributed by atoms with Gasteiger partial charge in [0.2, 0.25) is 0 Å². The van der Waals surface area contributed by atoms with Gasteiger partial charge in [0, 0.05) is 32.2 Å². The van der Waals surface area contributed by atoms with Gasteiger partial charge in [0.05, 0.1) is 6.61 Å². The molecule has 1 fully saturated rings. The number of rotatable bonds is 6. The first-order valence-corrected chi connectivity index (χ1v) is 8.19. The van der Waals surface area contributed by atoms with E-state index in [0.717, 1.165) is 31.9 Å². The van der Waals surface area contributed by atoms with Crippen LogP contribution in [0.25, 0.3) is 0 Å². The zero-order valence-corrected chi connectivity index (χ0v) is 13.3. The highest BCUT2D eigenvalue weighted by atomic mass is 16.5. The van der Waals surface area contributed by atoms with Crippen molar-refractivity contribution in [3.8, 4) is 5.75 Å². The Morgan fingerprint density at radius 1 is 1.13 bits per heavy atom. The molecule has 0 aromatic heterocycles. The Morgan fingerprint density at radius 3 is 2.83 bits per heavy atom. The second-order valence-electron chi connectivity index (χ2n) is 5.82. The standard InChI is InChI=1S/C19H24N2O2/c22-11-12-23-18-8-4-5-16(13-18)15-21-10-9-20-14-19(21)17-6-2-1-3-7-17/h1-8,13,19-20,22H,9-12,14-15H2/t19-/m1/s1. The Balaban J connectivity index is 1.72. The normalized spacial score (nSPS) is 18.7. The Bertz CT molecular complexity index is 603. The summed E-state index contributed by atoms with van der Waals surface area (Å²) in [5.74, 6) is 0.822. The Labute approximate surface area is 137 Å². The fraction of sp³-hybridized carbons (Fsp3) is 0.368. The number of nitrogens with one attached hydrogen (secondary N) is 1. The molecule has 23 heavy (non-hydrogen) atoms. The summed E-state index contributed by atoms with van der Waals surface area (Å²) in [6, 6.07) is 19.2. The van der Waals surface area contributed by atoms with Crippen molar-refractivity contribution in [3.05, 3.63) is 65.7 Å². The molecule has 2 aromatic carbocycles. The van der Waals surface area contributed by atoms with Gasteiger partial charge < -0.3 is 15.2 Å². The van der Waals surface area contributed by atoms with Crippen LogP contribution in [0.4, 0.5) is 0 Å². The number of benzene rings is 2. The minimum absolute atomic E-state index is 0.0398. The van der Waals surface area contributed by atoms with Gasteiger partial charge in [-0.05, 0) is 23.3 Å². The highest BCUT2D eigenvalue weighted by Gasteiger charge is 2.23. The molecule has 2 aromatic rings. The summed E-state index contributed by atoms with van der Waals surface area (Å²) in [5, 5.41) is 12.4. The fourth-order valence-corrected chi connectivity index (χ4v) is 3.07. The number of nitrogens with zero attached hydrogens (tertiary/aromatic N) is 1. The van der Waals surface area contributed by atoms with E-state index in [0.29, 0.717) is 12.6 Å². The SMILES string of the molecule is OCCOc1cccc(CN2CCNC[C@@H]2c2ccccc2)c1. The van der Waals surface area contributed by atoms with Crippen LogP contribution in [0.1, 0.15) is 17.2 Å². The van der Waals surface area contributed by atoms with Crippen LogP contribution in [0.15, 0.2) is 54.6 Å². The number of aliphatic hydroxyl groups is 1. The van der Waals surface area contributed by atoms with Crippen molar-refractivity contribution in [2.24, 2.45) is 0 Å². The van der Waals surface area contributed by atoms with Gasteiger partial charge in [-0.15, -0.1) is 0 Å². The van der Waals surface area contributed by atoms with Gasteiger partial charge in [0.15, 0.2) is 0 Å². The van der Waals surface area contributed by atoms with Crippen LogP contribution >= 0.6 is 0 Å². The van der Waals surface area contributed by atoms with Gasteiger partial charge in [0.1, 0.15) is 12.4 Å². The van der Waals surface area contributed by atoms with Crippen molar-refractivity contribution < 1.29 is 9.84 Å². The van der Waals surface area contributed by atoms with E-state index in [2.05, 4.69) is 52.7 Å². The molecule has 1 aliphatic heterocycles. The van der Waals surface area contributed by atoms with Gasteiger partial charge in [0.25, 0.3) is 0 Å². The largest absolute Gasteiger partial charge is 0.491 e. The molecule has 0 radical (unpaired) electrons. The quantitative estimate of drug-likeness (QED) is 0.858. The zero-order valence-electron chi connectivity index (χ0n) is 13.3. The second kappa shape index (κ2) is 8.11. The summed E-state index contributed by atoms with van der Waals surface area (Å²) >= 11 is 0. The summed E-state index contributed by atoms with van der Waals surface area (Å²) < 4.78 is 5.52. The van der Waals surface area contributed by atoms with Crippen LogP contribution in [-0.2, 0) is 6.54 Å². The summed E-state index contributed by atoms with van der Waals surface area (Å²) in [6.07, 6.45) is 0. The Kier molecular flexibility index (Phi) is 5.64. The Morgan fingerprint density at radius 2 is 2.00 bits per heavy atom. The lowest BCUT2D eigenvalue weighted by Gasteiger charge is -2.36. The second-order valence-corrected chi connectivity index (χ2v) is 5.82. The fourth-order valence-electron chi connectivity index (χ4n) is 3.07. The number of hydrogen-bond donors (Lipinski definition) is 2. The van der Waals surface area contributed by atoms with E-state index in [1.54, 1.807) is 0 Å². The molecule has 0 bridgehead atoms. The van der Waals surface area contributed by atoms with Crippen molar-refractivity contribution in [2.75, 3.05) is 32.8 Å². The number of aliphatic hydroxyl groups excluding tert-OH is 1. The van der Waals surface area contributed by atoms with Crippen molar-refractivity contribution in [2.45, 2.75) is 12.6 Å². The smallest absolute Gasteiger partial charge is 0.119 e. The molecule has 2 N–H and O–H groups in total. The molecule has 4 nitrogen and oxygen atoms in total. The van der Waals surface area contributed by atoms with E-state index >= 15 is 0 Å². The van der Waals surface area contributed by atoms with Gasteiger partial charge in [-0.25, -0.2) is 0 Å². The van der Waals surface area contributed by atoms with Crippen molar-refractivity contribution in [1.29, 1.82) is 0 Å². The Hall–Kier alpha value is -1.88. The molecular weight excluding hydrogens is 288 g/mol. The van der Waals surface area contributed by atoms with Crippen LogP contribution in [0.2, 0.25) is 0 Å². The minimum Gasteiger partial charge on any atom is -0.491 e. The lowest BCUT2D eigenvalue weighted by atomic mass is 10.0. The first-order chi connectivity index (χ1) is 11.4. The van der Waals surface area contributed by atoms with Crippen LogP contribution in [-0.4, -0.2) is 42.9 Å². The predicted molar refractivity (Wildman–Crippen MR) is 91.5 cm³/mol. The molecule has 122 valence electrons. The van der Waals surface area contributed by atoms with Gasteiger partial charge in [-0.1, -0.05) is 42.5 Å². The molecule has 1 heterocycles. The average Bonchev–Trinajstić information content (AvgIpc) is 2.61. The molecule has 1 atom stereocenters. The summed E-state index contributed by atoms with van der Waals surface area (Å²) in [4.78, 5) is 2.51. The average molecular weight is 312 g/mol. The van der Waals surface area contributed by atoms with Gasteiger partial charge >= 0.3 is 0 Å². The monoisotopic (exact) mass is 312 g/mol. The summed E-state index contributed by atoms with van der Waals surface area (Å²) in [7, 11) is 0. The number of ether oxygens (including phenoxy) is 1. The number of hydrogen-bond acceptors (Lipinski definition) is 4. The van der Waals surface area contributed by atoms with Gasteiger partial charge in [-0.2, -0.15) is 0 Å². The lowest BCUT2D eigenvalue weighted by molar-refractivity contribution is 0.153. The van der Waals surface area contributed by atoms with E-state index in [1.165, 1.54) is 11.1 Å². The van der Waals surface area contributed by atoms with Crippen molar-refractivity contribution >= 4 is 0 Å². The number of piperazine rings is 1. The minimum atomic E-state index is 0.0398. The third-order valence-corrected chi connectivity index (χ3v) is 4.18. The molecule has 1 saturated heterocycles. The molecule has 0 saturated carbocycles. The maximum Gasteiger partial charge on any atom is 0.119 e. The molecule has 1 aliphatic rings. The van der Waals surface area contributed by atoms with E-state index in [9.17, 15) is 0 Å². The molecule has 0 amide bonds. The predicted octanol–water partition coefficient (Wildman–Crippen LogP) is 2.20. The third kappa shape index (κ3) is 4.32. The van der Waals surface area contributed by atoms with Crippen molar-refractivity contribution in [3.63, 3.8) is 0 Å². The van der Waals surface area contributed by atoms with Crippen LogP contribution < -0.4 is 10.1 Å². The van der Waals surface area contributed by atoms with Crippen LogP contribution in [0.3, 0.4) is 0 Å².